The number of nitrogens with zero attached hydrogens (tertiary/aromatic N) is 1. The quantitative estimate of drug-likeness (QED) is 0.756. The van der Waals surface area contributed by atoms with Crippen molar-refractivity contribution in [3.05, 3.63) is 29.2 Å². The van der Waals surface area contributed by atoms with E-state index in [-0.39, 0.29) is 10.8 Å². The van der Waals surface area contributed by atoms with E-state index >= 15 is 0 Å². The maximum atomic E-state index is 5.55. The predicted molar refractivity (Wildman–Crippen MR) is 66.9 cm³/mol. The van der Waals surface area contributed by atoms with Crippen molar-refractivity contribution in [2.24, 2.45) is 5.41 Å². The lowest BCUT2D eigenvalue weighted by Crippen LogP contribution is -2.48. The van der Waals surface area contributed by atoms with Gasteiger partial charge in [0.25, 0.3) is 0 Å². The summed E-state index contributed by atoms with van der Waals surface area (Å²) >= 11 is 0. The summed E-state index contributed by atoms with van der Waals surface area (Å²) in [6, 6.07) is 0. The molecule has 3 nitrogen and oxygen atoms in total. The maximum Gasteiger partial charge on any atom is 0.149 e. The molecule has 0 bridgehead atoms. The van der Waals surface area contributed by atoms with E-state index in [9.17, 15) is 0 Å². The van der Waals surface area contributed by atoms with Gasteiger partial charge in [0.15, 0.2) is 0 Å². The first-order valence-electron chi connectivity index (χ1n) is 6.46. The van der Waals surface area contributed by atoms with Crippen molar-refractivity contribution in [3.63, 3.8) is 0 Å². The summed E-state index contributed by atoms with van der Waals surface area (Å²) in [5, 5.41) is 7.50. The Morgan fingerprint density at radius 3 is 3.06 bits per heavy atom. The van der Waals surface area contributed by atoms with Gasteiger partial charge in [-0.15, -0.1) is 0 Å². The zero-order valence-corrected chi connectivity index (χ0v) is 10.8. The van der Waals surface area contributed by atoms with Gasteiger partial charge in [-0.3, -0.25) is 0 Å². The van der Waals surface area contributed by atoms with E-state index in [0.29, 0.717) is 0 Å². The zero-order valence-electron chi connectivity index (χ0n) is 10.8. The summed E-state index contributed by atoms with van der Waals surface area (Å²) in [5.41, 5.74) is 3.08. The third kappa shape index (κ3) is 1.35. The number of nitrogens with one attached hydrogen (secondary N) is 1. The lowest BCUT2D eigenvalue weighted by molar-refractivity contribution is 0.231. The van der Waals surface area contributed by atoms with Gasteiger partial charge in [0.05, 0.1) is 6.20 Å². The van der Waals surface area contributed by atoms with E-state index in [1.165, 1.54) is 11.1 Å². The van der Waals surface area contributed by atoms with Crippen LogP contribution in [0.5, 0.6) is 0 Å². The third-order valence-corrected chi connectivity index (χ3v) is 4.64. The summed E-state index contributed by atoms with van der Waals surface area (Å²) < 4.78 is 5.55. The zero-order chi connectivity index (χ0) is 12.1. The van der Waals surface area contributed by atoms with Gasteiger partial charge >= 0.3 is 0 Å². The minimum absolute atomic E-state index is 0.0287. The molecule has 0 fully saturated rings. The van der Waals surface area contributed by atoms with Crippen molar-refractivity contribution < 1.29 is 4.52 Å². The van der Waals surface area contributed by atoms with Crippen molar-refractivity contribution >= 4 is 0 Å². The predicted octanol–water partition coefficient (Wildman–Crippen LogP) is 2.43. The smallest absolute Gasteiger partial charge is 0.149 e. The van der Waals surface area contributed by atoms with Gasteiger partial charge in [-0.05, 0) is 19.8 Å². The molecule has 0 saturated heterocycles. The Hall–Kier alpha value is -1.09. The molecule has 2 aliphatic rings. The molecular formula is C14H20N2O. The van der Waals surface area contributed by atoms with Crippen LogP contribution in [0, 0.1) is 5.41 Å². The van der Waals surface area contributed by atoms with E-state index in [2.05, 4.69) is 37.3 Å². The molecular weight excluding hydrogens is 212 g/mol. The molecule has 17 heavy (non-hydrogen) atoms. The normalized spacial score (nSPS) is 36.1. The van der Waals surface area contributed by atoms with Crippen molar-refractivity contribution in [2.45, 2.75) is 39.0 Å². The van der Waals surface area contributed by atoms with Crippen LogP contribution in [0.2, 0.25) is 0 Å². The van der Waals surface area contributed by atoms with Gasteiger partial charge in [0.1, 0.15) is 5.76 Å². The first-order valence-corrected chi connectivity index (χ1v) is 6.46. The number of aromatic nitrogens is 1. The van der Waals surface area contributed by atoms with Crippen LogP contribution in [0.25, 0.3) is 0 Å². The number of rotatable bonds is 1. The second kappa shape index (κ2) is 3.45. The first kappa shape index (κ1) is 11.0. The summed E-state index contributed by atoms with van der Waals surface area (Å²) in [6.45, 7) is 8.92. The van der Waals surface area contributed by atoms with Crippen molar-refractivity contribution in [3.8, 4) is 0 Å². The Morgan fingerprint density at radius 2 is 2.29 bits per heavy atom. The summed E-state index contributed by atoms with van der Waals surface area (Å²) in [5.74, 6) is 1.09. The molecule has 1 aromatic rings. The molecule has 0 spiro atoms. The van der Waals surface area contributed by atoms with Gasteiger partial charge in [-0.2, -0.15) is 0 Å². The number of fused-ring (bicyclic) bond motifs is 2. The molecule has 2 heterocycles. The monoisotopic (exact) mass is 232 g/mol. The van der Waals surface area contributed by atoms with Crippen LogP contribution in [0.15, 0.2) is 22.4 Å². The molecule has 0 amide bonds. The molecule has 1 N–H and O–H groups in total. The topological polar surface area (TPSA) is 38.1 Å². The Kier molecular flexibility index (Phi) is 2.24. The highest BCUT2D eigenvalue weighted by Gasteiger charge is 2.49. The lowest BCUT2D eigenvalue weighted by Gasteiger charge is -2.47. The van der Waals surface area contributed by atoms with Crippen LogP contribution in [-0.2, 0) is 11.8 Å². The molecule has 0 radical (unpaired) electrons. The Balaban J connectivity index is 2.22. The average molecular weight is 232 g/mol. The maximum absolute atomic E-state index is 5.55. The summed E-state index contributed by atoms with van der Waals surface area (Å²) in [4.78, 5) is 0. The van der Waals surface area contributed by atoms with Crippen molar-refractivity contribution in [1.29, 1.82) is 0 Å². The van der Waals surface area contributed by atoms with E-state index in [1.54, 1.807) is 0 Å². The van der Waals surface area contributed by atoms with Crippen LogP contribution in [0.4, 0.5) is 0 Å². The van der Waals surface area contributed by atoms with Gasteiger partial charge < -0.3 is 9.84 Å². The second-order valence-corrected chi connectivity index (χ2v) is 5.85. The molecule has 0 aromatic carbocycles. The van der Waals surface area contributed by atoms with Crippen LogP contribution in [-0.4, -0.2) is 18.2 Å². The molecule has 1 aromatic heterocycles. The SMILES string of the molecule is CCC1(C)C2=CCNC[C@]2(C)Cc2cnoc21. The minimum atomic E-state index is 0.0287. The molecule has 1 aliphatic carbocycles. The molecule has 0 saturated carbocycles. The summed E-state index contributed by atoms with van der Waals surface area (Å²) in [7, 11) is 0. The van der Waals surface area contributed by atoms with Crippen molar-refractivity contribution in [1.82, 2.24) is 10.5 Å². The standard InChI is InChI=1S/C14H20N2O/c1-4-14(3)11-5-6-15-9-13(11,2)7-10-8-16-17-12(10)14/h5,8,15H,4,6-7,9H2,1-3H3/t13-,14?/m0/s1. The highest BCUT2D eigenvalue weighted by atomic mass is 16.5. The fourth-order valence-electron chi connectivity index (χ4n) is 3.65. The van der Waals surface area contributed by atoms with Crippen LogP contribution in [0.3, 0.4) is 0 Å². The second-order valence-electron chi connectivity index (χ2n) is 5.85. The Morgan fingerprint density at radius 1 is 1.47 bits per heavy atom. The molecule has 1 unspecified atom stereocenters. The van der Waals surface area contributed by atoms with Crippen LogP contribution >= 0.6 is 0 Å². The number of hydrogen-bond acceptors (Lipinski definition) is 3. The molecule has 1 aliphatic heterocycles. The first-order chi connectivity index (χ1) is 8.10. The highest BCUT2D eigenvalue weighted by Crippen LogP contribution is 2.52. The van der Waals surface area contributed by atoms with E-state index in [0.717, 1.165) is 31.7 Å². The van der Waals surface area contributed by atoms with Gasteiger partial charge in [-0.25, -0.2) is 0 Å². The molecule has 92 valence electrons. The van der Waals surface area contributed by atoms with Crippen LogP contribution in [0.1, 0.15) is 38.5 Å². The van der Waals surface area contributed by atoms with Gasteiger partial charge in [-0.1, -0.05) is 30.7 Å². The van der Waals surface area contributed by atoms with Gasteiger partial charge in [0, 0.05) is 29.5 Å². The lowest BCUT2D eigenvalue weighted by atomic mass is 9.58. The van der Waals surface area contributed by atoms with Gasteiger partial charge in [0.2, 0.25) is 0 Å². The Bertz CT molecular complexity index is 476. The van der Waals surface area contributed by atoms with E-state index < -0.39 is 0 Å². The largest absolute Gasteiger partial charge is 0.360 e. The number of hydrogen-bond donors (Lipinski definition) is 1. The Labute approximate surface area is 102 Å². The highest BCUT2D eigenvalue weighted by molar-refractivity contribution is 5.44. The third-order valence-electron chi connectivity index (χ3n) is 4.64. The van der Waals surface area contributed by atoms with Crippen LogP contribution < -0.4 is 5.32 Å². The van der Waals surface area contributed by atoms with E-state index in [1.807, 2.05) is 6.20 Å². The molecule has 3 heteroatoms. The molecule has 3 rings (SSSR count). The fourth-order valence-corrected chi connectivity index (χ4v) is 3.65. The minimum Gasteiger partial charge on any atom is -0.360 e. The fraction of sp³-hybridized carbons (Fsp3) is 0.643. The van der Waals surface area contributed by atoms with E-state index in [4.69, 9.17) is 4.52 Å². The van der Waals surface area contributed by atoms with Crippen molar-refractivity contribution in [2.75, 3.05) is 13.1 Å². The average Bonchev–Trinajstić information content (AvgIpc) is 2.77. The molecule has 2 atom stereocenters. The summed E-state index contributed by atoms with van der Waals surface area (Å²) in [6.07, 6.45) is 6.37.